The number of furan rings is 1. The van der Waals surface area contributed by atoms with Gasteiger partial charge in [0.05, 0.1) is 0 Å². The third-order valence-electron chi connectivity index (χ3n) is 4.20. The van der Waals surface area contributed by atoms with Gasteiger partial charge >= 0.3 is 6.03 Å². The Morgan fingerprint density at radius 1 is 1.12 bits per heavy atom. The van der Waals surface area contributed by atoms with Gasteiger partial charge in [0.1, 0.15) is 11.3 Å². The van der Waals surface area contributed by atoms with Crippen LogP contribution in [-0.4, -0.2) is 11.7 Å². The summed E-state index contributed by atoms with van der Waals surface area (Å²) in [5.74, 6) is 0.620. The summed E-state index contributed by atoms with van der Waals surface area (Å²) >= 11 is 0. The summed E-state index contributed by atoms with van der Waals surface area (Å²) in [6.07, 6.45) is 0.540. The maximum absolute atomic E-state index is 11.1. The average molecular weight is 335 g/mol. The molecule has 0 fully saturated rings. The van der Waals surface area contributed by atoms with Gasteiger partial charge in [0, 0.05) is 11.8 Å². The van der Waals surface area contributed by atoms with Crippen LogP contribution in [0.2, 0.25) is 0 Å². The summed E-state index contributed by atoms with van der Waals surface area (Å²) in [6, 6.07) is 13.3. The van der Waals surface area contributed by atoms with E-state index in [4.69, 9.17) is 10.2 Å². The van der Waals surface area contributed by atoms with Gasteiger partial charge in [-0.25, -0.2) is 10.2 Å². The van der Waals surface area contributed by atoms with Crippen LogP contribution in [0.25, 0.3) is 11.0 Å². The number of hydrogen-bond donors (Lipinski definition) is 2. The Balaban J connectivity index is 2.04. The quantitative estimate of drug-likeness (QED) is 0.559. The Kier molecular flexibility index (Phi) is 4.57. The van der Waals surface area contributed by atoms with Crippen LogP contribution in [-0.2, 0) is 6.42 Å². The molecule has 3 aromatic rings. The molecule has 0 spiro atoms. The number of primary amides is 1. The minimum Gasteiger partial charge on any atom is -0.455 e. The lowest BCUT2D eigenvalue weighted by atomic mass is 9.95. The van der Waals surface area contributed by atoms with Crippen molar-refractivity contribution in [2.24, 2.45) is 10.8 Å². The van der Waals surface area contributed by atoms with Gasteiger partial charge in [-0.05, 0) is 49.6 Å². The number of carbonyl (C=O) groups excluding carboxylic acids is 1. The highest BCUT2D eigenvalue weighted by atomic mass is 16.3. The molecule has 1 heterocycles. The summed E-state index contributed by atoms with van der Waals surface area (Å²) in [6.45, 7) is 6.23. The van der Waals surface area contributed by atoms with Crippen molar-refractivity contribution < 1.29 is 9.21 Å². The Bertz CT molecular complexity index is 914. The standard InChI is InChI=1S/C20H21N3O2/c1-12-8-13(2)16(14(3)9-12)11-17(22-23-20(21)24)19-10-15-6-4-5-7-18(15)25-19/h4-10H,11H2,1-3H3,(H3,21,23,24). The molecule has 0 radical (unpaired) electrons. The summed E-state index contributed by atoms with van der Waals surface area (Å²) < 4.78 is 5.92. The SMILES string of the molecule is Cc1cc(C)c(CC(=NNC(N)=O)c2cc3ccccc3o2)c(C)c1. The average Bonchev–Trinajstić information content (AvgIpc) is 2.97. The largest absolute Gasteiger partial charge is 0.455 e. The van der Waals surface area contributed by atoms with E-state index in [2.05, 4.69) is 43.4 Å². The molecule has 5 heteroatoms. The predicted octanol–water partition coefficient (Wildman–Crippen LogP) is 3.97. The van der Waals surface area contributed by atoms with E-state index >= 15 is 0 Å². The number of nitrogens with one attached hydrogen (secondary N) is 1. The van der Waals surface area contributed by atoms with Crippen LogP contribution in [0.4, 0.5) is 4.79 Å². The first-order valence-electron chi connectivity index (χ1n) is 8.11. The number of para-hydroxylation sites is 1. The van der Waals surface area contributed by atoms with Crippen LogP contribution >= 0.6 is 0 Å². The minimum atomic E-state index is -0.703. The topological polar surface area (TPSA) is 80.6 Å². The van der Waals surface area contributed by atoms with Gasteiger partial charge in [-0.2, -0.15) is 5.10 Å². The Labute approximate surface area is 146 Å². The number of hydrazone groups is 1. The number of nitrogens with two attached hydrogens (primary N) is 1. The molecule has 0 unspecified atom stereocenters. The lowest BCUT2D eigenvalue weighted by Crippen LogP contribution is -2.26. The van der Waals surface area contributed by atoms with Gasteiger partial charge in [-0.3, -0.25) is 0 Å². The van der Waals surface area contributed by atoms with E-state index < -0.39 is 6.03 Å². The van der Waals surface area contributed by atoms with E-state index in [1.807, 2.05) is 30.3 Å². The molecule has 0 aliphatic carbocycles. The van der Waals surface area contributed by atoms with E-state index in [0.717, 1.165) is 16.5 Å². The second kappa shape index (κ2) is 6.81. The molecule has 5 nitrogen and oxygen atoms in total. The van der Waals surface area contributed by atoms with Crippen molar-refractivity contribution >= 4 is 22.7 Å². The Morgan fingerprint density at radius 2 is 1.80 bits per heavy atom. The Morgan fingerprint density at radius 3 is 2.44 bits per heavy atom. The molecule has 2 amide bonds. The molecule has 0 saturated carbocycles. The number of carbonyl (C=O) groups is 1. The van der Waals surface area contributed by atoms with Crippen molar-refractivity contribution in [2.45, 2.75) is 27.2 Å². The van der Waals surface area contributed by atoms with Crippen LogP contribution in [0.1, 0.15) is 28.0 Å². The van der Waals surface area contributed by atoms with Crippen molar-refractivity contribution in [3.8, 4) is 0 Å². The van der Waals surface area contributed by atoms with Crippen LogP contribution in [0.3, 0.4) is 0 Å². The second-order valence-electron chi connectivity index (χ2n) is 6.24. The van der Waals surface area contributed by atoms with Gasteiger partial charge in [-0.1, -0.05) is 35.9 Å². The van der Waals surface area contributed by atoms with Gasteiger partial charge < -0.3 is 10.2 Å². The molecular weight excluding hydrogens is 314 g/mol. The molecule has 0 bridgehead atoms. The molecular formula is C20H21N3O2. The number of amides is 2. The molecule has 1 aromatic heterocycles. The second-order valence-corrected chi connectivity index (χ2v) is 6.24. The fourth-order valence-electron chi connectivity index (χ4n) is 3.08. The smallest absolute Gasteiger partial charge is 0.332 e. The fourth-order valence-corrected chi connectivity index (χ4v) is 3.08. The summed E-state index contributed by atoms with van der Waals surface area (Å²) in [5, 5.41) is 5.17. The van der Waals surface area contributed by atoms with Crippen molar-refractivity contribution in [2.75, 3.05) is 0 Å². The predicted molar refractivity (Wildman–Crippen MR) is 99.8 cm³/mol. The zero-order valence-electron chi connectivity index (χ0n) is 14.6. The summed E-state index contributed by atoms with van der Waals surface area (Å²) in [5.41, 5.74) is 13.7. The number of aryl methyl sites for hydroxylation is 3. The van der Waals surface area contributed by atoms with Crippen molar-refractivity contribution in [3.05, 3.63) is 70.5 Å². The summed E-state index contributed by atoms with van der Waals surface area (Å²) in [7, 11) is 0. The third-order valence-corrected chi connectivity index (χ3v) is 4.20. The number of rotatable bonds is 4. The molecule has 0 atom stereocenters. The van der Waals surface area contributed by atoms with E-state index in [9.17, 15) is 4.79 Å². The molecule has 3 N–H and O–H groups in total. The van der Waals surface area contributed by atoms with Gasteiger partial charge in [0.2, 0.25) is 0 Å². The number of hydrogen-bond acceptors (Lipinski definition) is 3. The number of nitrogens with zero attached hydrogens (tertiary/aromatic N) is 1. The molecule has 2 aromatic carbocycles. The first kappa shape index (κ1) is 16.8. The zero-order valence-corrected chi connectivity index (χ0v) is 14.6. The van der Waals surface area contributed by atoms with Crippen LogP contribution in [0.15, 0.2) is 52.0 Å². The van der Waals surface area contributed by atoms with E-state index in [1.54, 1.807) is 0 Å². The molecule has 128 valence electrons. The lowest BCUT2D eigenvalue weighted by molar-refractivity contribution is 0.249. The van der Waals surface area contributed by atoms with Crippen molar-refractivity contribution in [3.63, 3.8) is 0 Å². The molecule has 0 aliphatic rings. The van der Waals surface area contributed by atoms with E-state index in [1.165, 1.54) is 16.7 Å². The van der Waals surface area contributed by atoms with Gasteiger partial charge in [-0.15, -0.1) is 0 Å². The van der Waals surface area contributed by atoms with Crippen LogP contribution in [0.5, 0.6) is 0 Å². The Hall–Kier alpha value is -3.08. The van der Waals surface area contributed by atoms with Gasteiger partial charge in [0.15, 0.2) is 5.76 Å². The highest BCUT2D eigenvalue weighted by molar-refractivity contribution is 6.03. The van der Waals surface area contributed by atoms with Crippen molar-refractivity contribution in [1.29, 1.82) is 0 Å². The first-order chi connectivity index (χ1) is 11.9. The third kappa shape index (κ3) is 3.71. The molecule has 0 aliphatic heterocycles. The van der Waals surface area contributed by atoms with Crippen LogP contribution < -0.4 is 11.2 Å². The van der Waals surface area contributed by atoms with E-state index in [-0.39, 0.29) is 0 Å². The van der Waals surface area contributed by atoms with Crippen LogP contribution in [0, 0.1) is 20.8 Å². The number of urea groups is 1. The maximum atomic E-state index is 11.1. The molecule has 3 rings (SSSR count). The monoisotopic (exact) mass is 335 g/mol. The number of fused-ring (bicyclic) bond motifs is 1. The summed E-state index contributed by atoms with van der Waals surface area (Å²) in [4.78, 5) is 11.1. The highest BCUT2D eigenvalue weighted by Crippen LogP contribution is 2.23. The fraction of sp³-hybridized carbons (Fsp3) is 0.200. The first-order valence-corrected chi connectivity index (χ1v) is 8.11. The maximum Gasteiger partial charge on any atom is 0.332 e. The van der Waals surface area contributed by atoms with Gasteiger partial charge in [0.25, 0.3) is 0 Å². The highest BCUT2D eigenvalue weighted by Gasteiger charge is 2.15. The minimum absolute atomic E-state index is 0.540. The number of benzene rings is 2. The molecule has 0 saturated heterocycles. The normalized spacial score (nSPS) is 11.7. The lowest BCUT2D eigenvalue weighted by Gasteiger charge is -2.12. The zero-order chi connectivity index (χ0) is 18.0. The van der Waals surface area contributed by atoms with Crippen molar-refractivity contribution in [1.82, 2.24) is 5.43 Å². The molecule has 25 heavy (non-hydrogen) atoms. The van der Waals surface area contributed by atoms with E-state index in [0.29, 0.717) is 17.9 Å².